The highest BCUT2D eigenvalue weighted by molar-refractivity contribution is 5.57. The van der Waals surface area contributed by atoms with Crippen LogP contribution in [-0.4, -0.2) is 11.1 Å². The molecule has 0 saturated heterocycles. The molecule has 2 N–H and O–H groups in total. The van der Waals surface area contributed by atoms with E-state index in [0.717, 1.165) is 18.5 Å². The molecule has 78 valence electrons. The first-order chi connectivity index (χ1) is 6.63. The summed E-state index contributed by atoms with van der Waals surface area (Å²) in [5, 5.41) is 12.8. The van der Waals surface area contributed by atoms with Gasteiger partial charge in [0.15, 0.2) is 0 Å². The average Bonchev–Trinajstić information content (AvgIpc) is 2.10. The molecule has 0 aromatic heterocycles. The fraction of sp³-hybridized carbons (Fsp3) is 0.500. The molecule has 0 saturated carbocycles. The lowest BCUT2D eigenvalue weighted by Gasteiger charge is -2.12. The van der Waals surface area contributed by atoms with Crippen LogP contribution >= 0.6 is 0 Å². The summed E-state index contributed by atoms with van der Waals surface area (Å²) in [6.45, 7) is 6.28. The number of anilines is 1. The summed E-state index contributed by atoms with van der Waals surface area (Å²) in [6, 6.07) is 6.11. The lowest BCUT2D eigenvalue weighted by Crippen LogP contribution is -2.09. The lowest BCUT2D eigenvalue weighted by atomic mass is 10.1. The van der Waals surface area contributed by atoms with E-state index in [2.05, 4.69) is 26.1 Å². The fourth-order valence-corrected chi connectivity index (χ4v) is 1.45. The van der Waals surface area contributed by atoms with Crippen LogP contribution in [0.4, 0.5) is 5.69 Å². The molecule has 1 rings (SSSR count). The van der Waals surface area contributed by atoms with Crippen LogP contribution in [0.5, 0.6) is 5.75 Å². The van der Waals surface area contributed by atoms with Crippen LogP contribution in [0.15, 0.2) is 18.2 Å². The third kappa shape index (κ3) is 2.95. The van der Waals surface area contributed by atoms with Gasteiger partial charge in [0, 0.05) is 6.04 Å². The molecule has 0 aliphatic carbocycles. The molecule has 1 aromatic carbocycles. The highest BCUT2D eigenvalue weighted by Crippen LogP contribution is 2.25. The zero-order valence-electron chi connectivity index (χ0n) is 9.17. The maximum absolute atomic E-state index is 9.59. The molecular weight excluding hydrogens is 174 g/mol. The molecule has 0 aliphatic heterocycles. The Kier molecular flexibility index (Phi) is 3.81. The van der Waals surface area contributed by atoms with E-state index in [1.54, 1.807) is 6.07 Å². The predicted octanol–water partition coefficient (Wildman–Crippen LogP) is 3.17. The number of phenols is 1. The molecule has 0 bridgehead atoms. The quantitative estimate of drug-likeness (QED) is 0.720. The molecule has 0 aliphatic rings. The molecule has 1 aromatic rings. The van der Waals surface area contributed by atoms with Crippen molar-refractivity contribution in [2.45, 2.75) is 39.7 Å². The van der Waals surface area contributed by atoms with E-state index >= 15 is 0 Å². The van der Waals surface area contributed by atoms with Gasteiger partial charge in [-0.3, -0.25) is 0 Å². The number of aryl methyl sites for hydroxylation is 1. The van der Waals surface area contributed by atoms with Crippen molar-refractivity contribution in [3.63, 3.8) is 0 Å². The molecule has 0 spiro atoms. The summed E-state index contributed by atoms with van der Waals surface area (Å²) in [6.07, 6.45) is 2.19. The second-order valence-corrected chi connectivity index (χ2v) is 3.90. The largest absolute Gasteiger partial charge is 0.506 e. The highest BCUT2D eigenvalue weighted by atomic mass is 16.3. The van der Waals surface area contributed by atoms with Crippen molar-refractivity contribution >= 4 is 5.69 Å². The van der Waals surface area contributed by atoms with Gasteiger partial charge >= 0.3 is 0 Å². The number of aromatic hydroxyl groups is 1. The van der Waals surface area contributed by atoms with Crippen molar-refractivity contribution in [3.8, 4) is 5.75 Å². The third-order valence-electron chi connectivity index (χ3n) is 2.04. The Morgan fingerprint density at radius 3 is 2.64 bits per heavy atom. The predicted molar refractivity (Wildman–Crippen MR) is 60.9 cm³/mol. The van der Waals surface area contributed by atoms with Crippen molar-refractivity contribution < 1.29 is 5.11 Å². The number of hydrogen-bond acceptors (Lipinski definition) is 2. The number of benzene rings is 1. The normalized spacial score (nSPS) is 10.6. The minimum Gasteiger partial charge on any atom is -0.506 e. The smallest absolute Gasteiger partial charge is 0.138 e. The van der Waals surface area contributed by atoms with Gasteiger partial charge in [0.2, 0.25) is 0 Å². The molecular formula is C12H19NO. The van der Waals surface area contributed by atoms with Gasteiger partial charge in [0.1, 0.15) is 5.75 Å². The SMILES string of the molecule is CCCc1ccc(O)c(NC(C)C)c1. The molecule has 14 heavy (non-hydrogen) atoms. The zero-order chi connectivity index (χ0) is 10.6. The van der Waals surface area contributed by atoms with Crippen molar-refractivity contribution in [2.24, 2.45) is 0 Å². The van der Waals surface area contributed by atoms with Crippen molar-refractivity contribution in [1.82, 2.24) is 0 Å². The minimum absolute atomic E-state index is 0.332. The van der Waals surface area contributed by atoms with E-state index in [0.29, 0.717) is 11.8 Å². The summed E-state index contributed by atoms with van der Waals surface area (Å²) >= 11 is 0. The average molecular weight is 193 g/mol. The van der Waals surface area contributed by atoms with Crippen LogP contribution in [0.3, 0.4) is 0 Å². The number of rotatable bonds is 4. The van der Waals surface area contributed by atoms with Crippen molar-refractivity contribution in [3.05, 3.63) is 23.8 Å². The first-order valence-corrected chi connectivity index (χ1v) is 5.22. The first-order valence-electron chi connectivity index (χ1n) is 5.22. The van der Waals surface area contributed by atoms with Gasteiger partial charge in [-0.05, 0) is 38.0 Å². The molecule has 2 heteroatoms. The first kappa shape index (κ1) is 10.9. The van der Waals surface area contributed by atoms with E-state index < -0.39 is 0 Å². The van der Waals surface area contributed by atoms with Gasteiger partial charge in [-0.1, -0.05) is 19.4 Å². The van der Waals surface area contributed by atoms with Crippen molar-refractivity contribution in [2.75, 3.05) is 5.32 Å². The van der Waals surface area contributed by atoms with Crippen LogP contribution in [-0.2, 0) is 6.42 Å². The van der Waals surface area contributed by atoms with Crippen LogP contribution < -0.4 is 5.32 Å². The summed E-state index contributed by atoms with van der Waals surface area (Å²) < 4.78 is 0. The third-order valence-corrected chi connectivity index (χ3v) is 2.04. The number of phenolic OH excluding ortho intramolecular Hbond substituents is 1. The van der Waals surface area contributed by atoms with E-state index in [-0.39, 0.29) is 0 Å². The second-order valence-electron chi connectivity index (χ2n) is 3.90. The monoisotopic (exact) mass is 193 g/mol. The Hall–Kier alpha value is -1.18. The zero-order valence-corrected chi connectivity index (χ0v) is 9.17. The molecule has 0 unspecified atom stereocenters. The Labute approximate surface area is 86.0 Å². The van der Waals surface area contributed by atoms with Crippen molar-refractivity contribution in [1.29, 1.82) is 0 Å². The molecule has 0 fully saturated rings. The maximum atomic E-state index is 9.59. The van der Waals surface area contributed by atoms with E-state index in [1.165, 1.54) is 5.56 Å². The summed E-state index contributed by atoms with van der Waals surface area (Å²) in [4.78, 5) is 0. The molecule has 0 heterocycles. The number of nitrogens with one attached hydrogen (secondary N) is 1. The summed E-state index contributed by atoms with van der Waals surface area (Å²) in [5.74, 6) is 0.332. The van der Waals surface area contributed by atoms with Crippen LogP contribution in [0.25, 0.3) is 0 Å². The van der Waals surface area contributed by atoms with Gasteiger partial charge in [-0.2, -0.15) is 0 Å². The maximum Gasteiger partial charge on any atom is 0.138 e. The Bertz CT molecular complexity index is 294. The fourth-order valence-electron chi connectivity index (χ4n) is 1.45. The second kappa shape index (κ2) is 4.89. The number of hydrogen-bond donors (Lipinski definition) is 2. The molecule has 2 nitrogen and oxygen atoms in total. The Balaban J connectivity index is 2.84. The summed E-state index contributed by atoms with van der Waals surface area (Å²) in [7, 11) is 0. The van der Waals surface area contributed by atoms with Crippen LogP contribution in [0, 0.1) is 0 Å². The molecule has 0 radical (unpaired) electrons. The topological polar surface area (TPSA) is 32.3 Å². The van der Waals surface area contributed by atoms with E-state index in [4.69, 9.17) is 0 Å². The lowest BCUT2D eigenvalue weighted by molar-refractivity contribution is 0.476. The Morgan fingerprint density at radius 2 is 2.07 bits per heavy atom. The van der Waals surface area contributed by atoms with E-state index in [9.17, 15) is 5.11 Å². The van der Waals surface area contributed by atoms with Gasteiger partial charge in [0.05, 0.1) is 5.69 Å². The molecule has 0 atom stereocenters. The summed E-state index contributed by atoms with van der Waals surface area (Å²) in [5.41, 5.74) is 2.11. The van der Waals surface area contributed by atoms with Gasteiger partial charge in [-0.25, -0.2) is 0 Å². The standard InChI is InChI=1S/C12H19NO/c1-4-5-10-6-7-12(14)11(8-10)13-9(2)3/h6-9,13-14H,4-5H2,1-3H3. The van der Waals surface area contributed by atoms with Gasteiger partial charge in [-0.15, -0.1) is 0 Å². The van der Waals surface area contributed by atoms with Gasteiger partial charge in [0.25, 0.3) is 0 Å². The minimum atomic E-state index is 0.332. The van der Waals surface area contributed by atoms with Gasteiger partial charge < -0.3 is 10.4 Å². The van der Waals surface area contributed by atoms with E-state index in [1.807, 2.05) is 12.1 Å². The van der Waals surface area contributed by atoms with Crippen LogP contribution in [0.1, 0.15) is 32.8 Å². The molecule has 0 amide bonds. The Morgan fingerprint density at radius 1 is 1.36 bits per heavy atom. The van der Waals surface area contributed by atoms with Crippen LogP contribution in [0.2, 0.25) is 0 Å². The highest BCUT2D eigenvalue weighted by Gasteiger charge is 2.03.